The van der Waals surface area contributed by atoms with Crippen LogP contribution in [0.2, 0.25) is 5.02 Å². The van der Waals surface area contributed by atoms with E-state index in [9.17, 15) is 14.4 Å². The van der Waals surface area contributed by atoms with Crippen molar-refractivity contribution in [2.75, 3.05) is 6.54 Å². The van der Waals surface area contributed by atoms with Crippen LogP contribution in [0, 0.1) is 5.92 Å². The largest absolute Gasteiger partial charge is 0.355 e. The van der Waals surface area contributed by atoms with Crippen molar-refractivity contribution in [1.29, 1.82) is 0 Å². The second-order valence-electron chi connectivity index (χ2n) is 8.15. The smallest absolute Gasteiger partial charge is 0.223 e. The number of nitrogens with one attached hydrogen (secondary N) is 2. The number of ketones is 1. The maximum Gasteiger partial charge on any atom is 0.223 e. The first kappa shape index (κ1) is 23.7. The molecule has 0 bridgehead atoms. The number of carbonyl (C=O) groups excluding carboxylic acids is 3. The van der Waals surface area contributed by atoms with Crippen molar-refractivity contribution in [3.8, 4) is 0 Å². The summed E-state index contributed by atoms with van der Waals surface area (Å²) in [6, 6.07) is 17.1. The molecule has 0 spiro atoms. The van der Waals surface area contributed by atoms with Gasteiger partial charge in [-0.2, -0.15) is 0 Å². The van der Waals surface area contributed by atoms with Gasteiger partial charge in [-0.1, -0.05) is 66.2 Å². The highest BCUT2D eigenvalue weighted by Gasteiger charge is 2.23. The van der Waals surface area contributed by atoms with Crippen LogP contribution in [0.1, 0.15) is 49.1 Å². The van der Waals surface area contributed by atoms with Crippen LogP contribution in [0.25, 0.3) is 0 Å². The SMILES string of the molecule is O=C1CCC=CC[C@@H](CC(=O)NCc2ccc(Cl)cc2)C(=O)NCC(c2ccccc2)C1. The Morgan fingerprint density at radius 2 is 1.78 bits per heavy atom. The maximum atomic E-state index is 12.9. The number of halogens is 1. The lowest BCUT2D eigenvalue weighted by molar-refractivity contribution is -0.130. The van der Waals surface area contributed by atoms with Crippen molar-refractivity contribution >= 4 is 29.2 Å². The van der Waals surface area contributed by atoms with Gasteiger partial charge in [-0.05, 0) is 36.1 Å². The summed E-state index contributed by atoms with van der Waals surface area (Å²) in [5, 5.41) is 6.51. The summed E-state index contributed by atoms with van der Waals surface area (Å²) < 4.78 is 0. The molecule has 0 fully saturated rings. The maximum absolute atomic E-state index is 12.9. The lowest BCUT2D eigenvalue weighted by Crippen LogP contribution is -2.37. The van der Waals surface area contributed by atoms with E-state index in [2.05, 4.69) is 10.6 Å². The van der Waals surface area contributed by atoms with E-state index in [0.717, 1.165) is 11.1 Å². The molecule has 1 aliphatic heterocycles. The molecule has 1 aliphatic rings. The van der Waals surface area contributed by atoms with Crippen molar-refractivity contribution in [1.82, 2.24) is 10.6 Å². The summed E-state index contributed by atoms with van der Waals surface area (Å²) in [4.78, 5) is 37.8. The monoisotopic (exact) mass is 452 g/mol. The van der Waals surface area contributed by atoms with Gasteiger partial charge in [0.15, 0.2) is 0 Å². The van der Waals surface area contributed by atoms with Gasteiger partial charge < -0.3 is 10.6 Å². The Kier molecular flexibility index (Phi) is 9.05. The summed E-state index contributed by atoms with van der Waals surface area (Å²) in [5.74, 6) is -0.671. The quantitative estimate of drug-likeness (QED) is 0.653. The highest BCUT2D eigenvalue weighted by molar-refractivity contribution is 6.30. The predicted molar refractivity (Wildman–Crippen MR) is 126 cm³/mol. The van der Waals surface area contributed by atoms with Gasteiger partial charge in [-0.3, -0.25) is 14.4 Å². The molecule has 6 heteroatoms. The van der Waals surface area contributed by atoms with E-state index in [1.807, 2.05) is 54.6 Å². The number of Topliss-reactive ketones (excluding diaryl/α,β-unsaturated/α-hetero) is 1. The van der Waals surface area contributed by atoms with Crippen molar-refractivity contribution in [2.45, 2.75) is 44.6 Å². The molecule has 0 aliphatic carbocycles. The van der Waals surface area contributed by atoms with E-state index in [-0.39, 0.29) is 29.9 Å². The highest BCUT2D eigenvalue weighted by Crippen LogP contribution is 2.22. The first-order valence-corrected chi connectivity index (χ1v) is 11.4. The lowest BCUT2D eigenvalue weighted by Gasteiger charge is -2.21. The molecule has 0 radical (unpaired) electrons. The topological polar surface area (TPSA) is 75.3 Å². The van der Waals surface area contributed by atoms with E-state index in [4.69, 9.17) is 11.6 Å². The number of hydrogen-bond donors (Lipinski definition) is 2. The minimum Gasteiger partial charge on any atom is -0.355 e. The molecule has 0 saturated heterocycles. The fourth-order valence-corrected chi connectivity index (χ4v) is 3.91. The molecule has 0 saturated carbocycles. The Morgan fingerprint density at radius 1 is 1.03 bits per heavy atom. The van der Waals surface area contributed by atoms with Crippen molar-refractivity contribution < 1.29 is 14.4 Å². The Bertz CT molecular complexity index is 941. The number of benzene rings is 2. The van der Waals surface area contributed by atoms with Gasteiger partial charge in [0.05, 0.1) is 5.92 Å². The molecule has 2 aromatic rings. The van der Waals surface area contributed by atoms with Crippen molar-refractivity contribution in [2.24, 2.45) is 5.92 Å². The van der Waals surface area contributed by atoms with Gasteiger partial charge in [-0.15, -0.1) is 0 Å². The standard InChI is InChI=1S/C26H29ClN2O3/c27-23-13-11-19(12-14-23)17-28-25(31)16-21-9-5-2-6-10-24(30)15-22(18-29-26(21)32)20-7-3-1-4-8-20/h1-5,7-8,11-14,21-22H,6,9-10,15-18H2,(H,28,31)(H,29,32)/t21-,22?/m0/s1. The second-order valence-corrected chi connectivity index (χ2v) is 8.58. The van der Waals surface area contributed by atoms with Gasteiger partial charge in [0.2, 0.25) is 11.8 Å². The average Bonchev–Trinajstić information content (AvgIpc) is 2.80. The molecular weight excluding hydrogens is 424 g/mol. The summed E-state index contributed by atoms with van der Waals surface area (Å²) in [6.07, 6.45) is 5.94. The molecule has 2 atom stereocenters. The van der Waals surface area contributed by atoms with Crippen LogP contribution < -0.4 is 10.6 Å². The summed E-state index contributed by atoms with van der Waals surface area (Å²) in [6.45, 7) is 0.763. The Hall–Kier alpha value is -2.92. The van der Waals surface area contributed by atoms with Gasteiger partial charge in [0, 0.05) is 43.3 Å². The third kappa shape index (κ3) is 7.65. The van der Waals surface area contributed by atoms with Crippen LogP contribution in [-0.2, 0) is 20.9 Å². The molecule has 1 unspecified atom stereocenters. The summed E-state index contributed by atoms with van der Waals surface area (Å²) in [5.41, 5.74) is 1.98. The zero-order valence-electron chi connectivity index (χ0n) is 18.1. The predicted octanol–water partition coefficient (Wildman–Crippen LogP) is 4.56. The first-order valence-electron chi connectivity index (χ1n) is 11.0. The molecule has 2 N–H and O–H groups in total. The van der Waals surface area contributed by atoms with Crippen LogP contribution >= 0.6 is 11.6 Å². The minimum atomic E-state index is -0.456. The molecule has 5 nitrogen and oxygen atoms in total. The molecule has 2 aromatic carbocycles. The summed E-state index contributed by atoms with van der Waals surface area (Å²) >= 11 is 5.90. The molecule has 1 heterocycles. The highest BCUT2D eigenvalue weighted by atomic mass is 35.5. The number of carbonyl (C=O) groups is 3. The Balaban J connectivity index is 1.62. The van der Waals surface area contributed by atoms with Crippen LogP contribution in [0.4, 0.5) is 0 Å². The van der Waals surface area contributed by atoms with Crippen molar-refractivity contribution in [3.63, 3.8) is 0 Å². The van der Waals surface area contributed by atoms with Crippen LogP contribution in [0.3, 0.4) is 0 Å². The Labute approximate surface area is 194 Å². The Morgan fingerprint density at radius 3 is 2.53 bits per heavy atom. The molecule has 3 rings (SSSR count). The number of allylic oxidation sites excluding steroid dienone is 2. The van der Waals surface area contributed by atoms with Gasteiger partial charge in [-0.25, -0.2) is 0 Å². The molecule has 2 amide bonds. The molecule has 168 valence electrons. The third-order valence-electron chi connectivity index (χ3n) is 5.65. The number of amides is 2. The third-order valence-corrected chi connectivity index (χ3v) is 5.90. The normalized spacial score (nSPS) is 20.0. The van der Waals surface area contributed by atoms with Gasteiger partial charge in [0.25, 0.3) is 0 Å². The lowest BCUT2D eigenvalue weighted by atomic mass is 9.91. The molecular formula is C26H29ClN2O3. The summed E-state index contributed by atoms with van der Waals surface area (Å²) in [7, 11) is 0. The zero-order valence-corrected chi connectivity index (χ0v) is 18.8. The van der Waals surface area contributed by atoms with E-state index in [0.29, 0.717) is 43.8 Å². The van der Waals surface area contributed by atoms with Crippen LogP contribution in [0.15, 0.2) is 66.7 Å². The molecule has 32 heavy (non-hydrogen) atoms. The van der Waals surface area contributed by atoms with Gasteiger partial charge >= 0.3 is 0 Å². The average molecular weight is 453 g/mol. The minimum absolute atomic E-state index is 0.0737. The van der Waals surface area contributed by atoms with E-state index >= 15 is 0 Å². The van der Waals surface area contributed by atoms with Crippen molar-refractivity contribution in [3.05, 3.63) is 82.9 Å². The second kappa shape index (κ2) is 12.2. The van der Waals surface area contributed by atoms with Gasteiger partial charge in [0.1, 0.15) is 5.78 Å². The first-order chi connectivity index (χ1) is 15.5. The van der Waals surface area contributed by atoms with E-state index in [1.54, 1.807) is 12.1 Å². The molecule has 0 aromatic heterocycles. The van der Waals surface area contributed by atoms with Crippen LogP contribution in [0.5, 0.6) is 0 Å². The van der Waals surface area contributed by atoms with Crippen LogP contribution in [-0.4, -0.2) is 24.1 Å². The van der Waals surface area contributed by atoms with E-state index < -0.39 is 5.92 Å². The number of rotatable bonds is 5. The fourth-order valence-electron chi connectivity index (χ4n) is 3.78. The van der Waals surface area contributed by atoms with E-state index in [1.165, 1.54) is 0 Å². The number of hydrogen-bond acceptors (Lipinski definition) is 3. The fraction of sp³-hybridized carbons (Fsp3) is 0.346. The zero-order chi connectivity index (χ0) is 22.8.